The summed E-state index contributed by atoms with van der Waals surface area (Å²) in [6.45, 7) is 7.32. The molecule has 5 N–H and O–H groups in total. The minimum Gasteiger partial charge on any atom is -0.492 e. The minimum atomic E-state index is -0.676. The van der Waals surface area contributed by atoms with Gasteiger partial charge in [-0.15, -0.1) is 0 Å². The molecule has 0 bridgehead atoms. The lowest BCUT2D eigenvalue weighted by molar-refractivity contribution is -0.143. The highest BCUT2D eigenvalue weighted by Gasteiger charge is 2.44. The van der Waals surface area contributed by atoms with Crippen molar-refractivity contribution in [3.8, 4) is 22.6 Å². The lowest BCUT2D eigenvalue weighted by atomic mass is 9.83. The molecule has 2 aliphatic carbocycles. The topological polar surface area (TPSA) is 188 Å². The number of fused-ring (bicyclic) bond motifs is 2. The van der Waals surface area contributed by atoms with Crippen molar-refractivity contribution in [1.29, 1.82) is 0 Å². The molecule has 2 saturated heterocycles. The smallest absolute Gasteiger partial charge is 0.246 e. The van der Waals surface area contributed by atoms with Crippen LogP contribution in [0.4, 0.5) is 0 Å². The van der Waals surface area contributed by atoms with Crippen LogP contribution in [0.5, 0.6) is 11.5 Å². The van der Waals surface area contributed by atoms with Crippen LogP contribution >= 0.6 is 0 Å². The van der Waals surface area contributed by atoms with Crippen molar-refractivity contribution in [2.24, 2.45) is 17.8 Å². The molecular weight excluding hydrogens is 863 g/mol. The van der Waals surface area contributed by atoms with E-state index in [1.165, 1.54) is 0 Å². The number of likely N-dealkylation sites (N-methyl/N-ethyl adjacent to an activating group) is 1. The van der Waals surface area contributed by atoms with Crippen molar-refractivity contribution >= 4 is 35.4 Å². The Morgan fingerprint density at radius 1 is 0.588 bits per heavy atom. The van der Waals surface area contributed by atoms with Gasteiger partial charge in [-0.25, -0.2) is 0 Å². The molecule has 4 fully saturated rings. The van der Waals surface area contributed by atoms with Crippen molar-refractivity contribution in [2.75, 3.05) is 33.4 Å². The number of nitrogens with one attached hydrogen (secondary N) is 5. The molecule has 0 spiro atoms. The number of rotatable bonds is 15. The minimum absolute atomic E-state index is 0.0293. The van der Waals surface area contributed by atoms with Crippen LogP contribution in [-0.4, -0.2) is 109 Å². The number of hydrogen-bond acceptors (Lipinski definition) is 9. The van der Waals surface area contributed by atoms with Gasteiger partial charge in [0.2, 0.25) is 35.4 Å². The number of hydrogen-bond donors (Lipinski definition) is 5. The van der Waals surface area contributed by atoms with Gasteiger partial charge in [0, 0.05) is 54.1 Å². The van der Waals surface area contributed by atoms with Gasteiger partial charge in [-0.3, -0.25) is 28.8 Å². The Morgan fingerprint density at radius 3 is 1.46 bits per heavy atom. The lowest BCUT2D eigenvalue weighted by Crippen LogP contribution is -2.58. The molecule has 8 atom stereocenters. The number of nitrogens with zero attached hydrogens (tertiary/aromatic N) is 2. The first kappa shape index (κ1) is 49.2. The molecule has 6 amide bonds. The zero-order chi connectivity index (χ0) is 47.9. The fourth-order valence-electron chi connectivity index (χ4n) is 11.7. The van der Waals surface area contributed by atoms with Gasteiger partial charge < -0.3 is 45.9 Å². The quantitative estimate of drug-likeness (QED) is 0.143. The number of para-hydroxylation sites is 2. The number of benzene rings is 2. The monoisotopic (exact) mass is 938 g/mol. The van der Waals surface area contributed by atoms with E-state index in [9.17, 15) is 28.8 Å². The molecule has 370 valence electrons. The van der Waals surface area contributed by atoms with Crippen molar-refractivity contribution < 1.29 is 38.2 Å². The predicted octanol–water partition coefficient (Wildman–Crippen LogP) is 6.00. The van der Waals surface area contributed by atoms with Crippen LogP contribution in [0.2, 0.25) is 0 Å². The Bertz CT molecular complexity index is 2010. The Balaban J connectivity index is 0.970. The molecule has 4 aliphatic heterocycles. The lowest BCUT2D eigenvalue weighted by Gasteiger charge is -2.36. The largest absolute Gasteiger partial charge is 0.492 e. The Morgan fingerprint density at radius 2 is 1.03 bits per heavy atom. The van der Waals surface area contributed by atoms with E-state index in [4.69, 9.17) is 9.47 Å². The molecule has 0 unspecified atom stereocenters. The van der Waals surface area contributed by atoms with Crippen molar-refractivity contribution in [1.82, 2.24) is 36.4 Å². The first-order valence-electron chi connectivity index (χ1n) is 26.0. The predicted molar refractivity (Wildman–Crippen MR) is 258 cm³/mol. The summed E-state index contributed by atoms with van der Waals surface area (Å²) in [5.41, 5.74) is 3.30. The average molecular weight is 938 g/mol. The van der Waals surface area contributed by atoms with Crippen LogP contribution in [0, 0.1) is 17.8 Å². The van der Waals surface area contributed by atoms with E-state index in [0.717, 1.165) is 86.5 Å². The molecule has 2 aromatic rings. The van der Waals surface area contributed by atoms with Crippen molar-refractivity contribution in [2.45, 2.75) is 172 Å². The second-order valence-electron chi connectivity index (χ2n) is 20.3. The summed E-state index contributed by atoms with van der Waals surface area (Å²) in [6, 6.07) is 8.07. The summed E-state index contributed by atoms with van der Waals surface area (Å²) in [5.74, 6) is 0.122. The van der Waals surface area contributed by atoms with Gasteiger partial charge in [0.1, 0.15) is 35.7 Å². The summed E-state index contributed by atoms with van der Waals surface area (Å²) in [4.78, 5) is 87.0. The van der Waals surface area contributed by atoms with E-state index >= 15 is 0 Å². The molecule has 2 saturated carbocycles. The molecule has 4 heterocycles. The maximum atomic E-state index is 14.4. The second-order valence-corrected chi connectivity index (χ2v) is 20.3. The van der Waals surface area contributed by atoms with Crippen LogP contribution in [0.3, 0.4) is 0 Å². The van der Waals surface area contributed by atoms with Gasteiger partial charge in [-0.05, 0) is 83.6 Å². The van der Waals surface area contributed by atoms with Gasteiger partial charge in [-0.2, -0.15) is 0 Å². The second kappa shape index (κ2) is 22.5. The third kappa shape index (κ3) is 10.7. The van der Waals surface area contributed by atoms with Crippen LogP contribution in [0.1, 0.15) is 153 Å². The summed E-state index contributed by atoms with van der Waals surface area (Å²) in [7, 11) is 1.72. The zero-order valence-electron chi connectivity index (χ0n) is 40.7. The van der Waals surface area contributed by atoms with E-state index in [1.807, 2.05) is 50.2 Å². The summed E-state index contributed by atoms with van der Waals surface area (Å²) >= 11 is 0. The molecule has 6 aliphatic rings. The Hall–Kier alpha value is -5.18. The summed E-state index contributed by atoms with van der Waals surface area (Å²) in [6.07, 6.45) is 14.1. The van der Waals surface area contributed by atoms with Gasteiger partial charge in [0.05, 0.1) is 31.3 Å². The fraction of sp³-hybridized carbons (Fsp3) is 0.660. The fourth-order valence-corrected chi connectivity index (χ4v) is 11.7. The molecule has 15 heteroatoms. The van der Waals surface area contributed by atoms with Gasteiger partial charge in [-0.1, -0.05) is 88.8 Å². The highest BCUT2D eigenvalue weighted by Crippen LogP contribution is 2.47. The summed E-state index contributed by atoms with van der Waals surface area (Å²) < 4.78 is 12.8. The van der Waals surface area contributed by atoms with Crippen molar-refractivity contribution in [3.63, 3.8) is 0 Å². The Labute approximate surface area is 402 Å². The SMILES string of the molecule is CC[C@@H](C)C(=O)N[C@H](C(=O)N1CCC[C@H]1C(=O)N[C@@H]1CCOc2c(-c3cccc4c3OCC[C@H]4NC(=O)[C@@H]3CCCN3C(=O)[C@@H](NC(=O)[C@H](C)NC)C3CCCCC3)cccc21)C1CCCCC1. The maximum absolute atomic E-state index is 14.4. The Kier molecular flexibility index (Phi) is 16.3. The number of likely N-dealkylation sites (tertiary alicyclic amines) is 2. The van der Waals surface area contributed by atoms with E-state index < -0.39 is 30.2 Å². The highest BCUT2D eigenvalue weighted by atomic mass is 16.5. The number of carbonyl (C=O) groups is 6. The highest BCUT2D eigenvalue weighted by molar-refractivity contribution is 5.95. The first-order chi connectivity index (χ1) is 33.0. The van der Waals surface area contributed by atoms with Crippen LogP contribution in [-0.2, 0) is 28.8 Å². The van der Waals surface area contributed by atoms with Crippen LogP contribution in [0.25, 0.3) is 11.1 Å². The van der Waals surface area contributed by atoms with E-state index in [2.05, 4.69) is 26.6 Å². The van der Waals surface area contributed by atoms with Crippen LogP contribution in [0.15, 0.2) is 36.4 Å². The normalized spacial score (nSPS) is 24.8. The standard InChI is InChI=1S/C53H75N7O8/c1-5-32(2)48(61)57-44(34-16-8-6-9-17-34)52(65)59-28-14-24-42(59)50(63)55-40-26-30-67-46-36(20-12-22-38(40)46)37-21-13-23-39-41(27-31-68-47(37)39)56-51(64)43-25-15-29-60(43)53(66)45(35-18-10-7-11-19-35)58-49(62)33(3)54-4/h12-13,20-23,32-35,40-45,54H,5-11,14-19,24-31H2,1-4H3,(H,55,63)(H,56,64)(H,57,61)(H,58,62)/t32-,33+,40-,41-,42+,43+,44+,45+/m1/s1. The maximum Gasteiger partial charge on any atom is 0.246 e. The zero-order valence-corrected chi connectivity index (χ0v) is 40.7. The molecular formula is C53H75N7O8. The third-order valence-electron chi connectivity index (χ3n) is 16.0. The number of ether oxygens (including phenoxy) is 2. The molecule has 68 heavy (non-hydrogen) atoms. The van der Waals surface area contributed by atoms with Gasteiger partial charge >= 0.3 is 0 Å². The van der Waals surface area contributed by atoms with E-state index in [1.54, 1.807) is 23.8 Å². The van der Waals surface area contributed by atoms with Gasteiger partial charge in [0.15, 0.2) is 0 Å². The molecule has 8 rings (SSSR count). The van der Waals surface area contributed by atoms with Crippen molar-refractivity contribution in [3.05, 3.63) is 47.5 Å². The number of carbonyl (C=O) groups excluding carboxylic acids is 6. The first-order valence-corrected chi connectivity index (χ1v) is 26.0. The van der Waals surface area contributed by atoms with Gasteiger partial charge in [0.25, 0.3) is 0 Å². The summed E-state index contributed by atoms with van der Waals surface area (Å²) in [5, 5.41) is 15.8. The average Bonchev–Trinajstić information content (AvgIpc) is 4.08. The van der Waals surface area contributed by atoms with E-state index in [-0.39, 0.29) is 65.3 Å². The van der Waals surface area contributed by atoms with Crippen LogP contribution < -0.4 is 36.1 Å². The third-order valence-corrected chi connectivity index (χ3v) is 16.0. The molecule has 2 aromatic carbocycles. The molecule has 0 radical (unpaired) electrons. The molecule has 0 aromatic heterocycles. The molecule has 15 nitrogen and oxygen atoms in total. The van der Waals surface area contributed by atoms with E-state index in [0.29, 0.717) is 82.7 Å². The number of amides is 6.